The summed E-state index contributed by atoms with van der Waals surface area (Å²) in [4.78, 5) is 9.02. The first-order valence-electron chi connectivity index (χ1n) is 6.36. The van der Waals surface area contributed by atoms with Crippen LogP contribution in [0.15, 0.2) is 6.07 Å². The molecule has 1 N–H and O–H groups in total. The number of nitrogens with one attached hydrogen (secondary N) is 1. The van der Waals surface area contributed by atoms with E-state index in [1.807, 2.05) is 13.0 Å². The molecule has 0 saturated carbocycles. The molecule has 1 aromatic rings. The fourth-order valence-electron chi connectivity index (χ4n) is 1.96. The van der Waals surface area contributed by atoms with Crippen molar-refractivity contribution in [2.75, 3.05) is 17.6 Å². The van der Waals surface area contributed by atoms with Crippen LogP contribution in [0.2, 0.25) is 0 Å². The van der Waals surface area contributed by atoms with Gasteiger partial charge in [-0.3, -0.25) is 0 Å². The topological polar surface area (TPSA) is 37.8 Å². The molecule has 1 aliphatic heterocycles. The molecule has 0 aliphatic carbocycles. The highest BCUT2D eigenvalue weighted by molar-refractivity contribution is 8.00. The molecule has 0 radical (unpaired) electrons. The Bertz CT molecular complexity index is 373. The minimum atomic E-state index is 0.385. The molecular formula is C13H21N3S. The van der Waals surface area contributed by atoms with E-state index in [1.54, 1.807) is 0 Å². The standard InChI is InChI=1S/C13H21N3S/c1-9(2)13-15-10(3)7-12(16-13)14-8-11-5-4-6-17-11/h7,9,11H,4-6,8H2,1-3H3,(H,14,15,16). The Morgan fingerprint density at radius 1 is 1.47 bits per heavy atom. The van der Waals surface area contributed by atoms with Crippen molar-refractivity contribution >= 4 is 17.6 Å². The zero-order valence-electron chi connectivity index (χ0n) is 10.9. The summed E-state index contributed by atoms with van der Waals surface area (Å²) in [6.45, 7) is 7.32. The van der Waals surface area contributed by atoms with Crippen molar-refractivity contribution in [2.24, 2.45) is 0 Å². The Morgan fingerprint density at radius 2 is 2.29 bits per heavy atom. The van der Waals surface area contributed by atoms with E-state index in [0.29, 0.717) is 5.92 Å². The fourth-order valence-corrected chi connectivity index (χ4v) is 3.17. The summed E-state index contributed by atoms with van der Waals surface area (Å²) in [5, 5.41) is 4.21. The van der Waals surface area contributed by atoms with Crippen LogP contribution in [0.5, 0.6) is 0 Å². The first-order valence-corrected chi connectivity index (χ1v) is 7.41. The third kappa shape index (κ3) is 3.60. The second-order valence-electron chi connectivity index (χ2n) is 4.92. The van der Waals surface area contributed by atoms with Crippen molar-refractivity contribution in [2.45, 2.75) is 44.8 Å². The number of aromatic nitrogens is 2. The minimum absolute atomic E-state index is 0.385. The number of nitrogens with zero attached hydrogens (tertiary/aromatic N) is 2. The van der Waals surface area contributed by atoms with Gasteiger partial charge in [0.05, 0.1) is 0 Å². The van der Waals surface area contributed by atoms with Gasteiger partial charge >= 0.3 is 0 Å². The fraction of sp³-hybridized carbons (Fsp3) is 0.692. The number of hydrogen-bond donors (Lipinski definition) is 1. The van der Waals surface area contributed by atoms with Crippen LogP contribution in [-0.2, 0) is 0 Å². The number of hydrogen-bond acceptors (Lipinski definition) is 4. The number of thioether (sulfide) groups is 1. The van der Waals surface area contributed by atoms with Crippen LogP contribution in [0.25, 0.3) is 0 Å². The maximum atomic E-state index is 4.56. The van der Waals surface area contributed by atoms with Gasteiger partial charge in [-0.25, -0.2) is 9.97 Å². The predicted octanol–water partition coefficient (Wildman–Crippen LogP) is 3.22. The largest absolute Gasteiger partial charge is 0.369 e. The SMILES string of the molecule is Cc1cc(NCC2CCCS2)nc(C(C)C)n1. The number of anilines is 1. The third-order valence-electron chi connectivity index (χ3n) is 2.92. The molecule has 1 fully saturated rings. The van der Waals surface area contributed by atoms with Gasteiger partial charge in [-0.2, -0.15) is 11.8 Å². The molecule has 1 saturated heterocycles. The van der Waals surface area contributed by atoms with Gasteiger partial charge in [0.1, 0.15) is 11.6 Å². The van der Waals surface area contributed by atoms with Gasteiger partial charge in [-0.1, -0.05) is 13.8 Å². The lowest BCUT2D eigenvalue weighted by Crippen LogP contribution is -2.15. The summed E-state index contributed by atoms with van der Waals surface area (Å²) in [6.07, 6.45) is 2.69. The first kappa shape index (κ1) is 12.7. The lowest BCUT2D eigenvalue weighted by molar-refractivity contribution is 0.761. The van der Waals surface area contributed by atoms with Crippen LogP contribution in [0.1, 0.15) is 44.1 Å². The highest BCUT2D eigenvalue weighted by Gasteiger charge is 2.15. The second kappa shape index (κ2) is 5.71. The second-order valence-corrected chi connectivity index (χ2v) is 6.33. The van der Waals surface area contributed by atoms with Crippen LogP contribution >= 0.6 is 11.8 Å². The number of rotatable bonds is 4. The zero-order chi connectivity index (χ0) is 12.3. The Balaban J connectivity index is 1.99. The summed E-state index contributed by atoms with van der Waals surface area (Å²) in [5.41, 5.74) is 1.05. The highest BCUT2D eigenvalue weighted by atomic mass is 32.2. The molecule has 1 aromatic heterocycles. The molecule has 4 heteroatoms. The van der Waals surface area contributed by atoms with E-state index < -0.39 is 0 Å². The van der Waals surface area contributed by atoms with E-state index in [9.17, 15) is 0 Å². The monoisotopic (exact) mass is 251 g/mol. The molecule has 2 heterocycles. The van der Waals surface area contributed by atoms with Gasteiger partial charge in [0.15, 0.2) is 0 Å². The molecule has 2 rings (SSSR count). The molecule has 0 amide bonds. The van der Waals surface area contributed by atoms with Gasteiger partial charge in [-0.15, -0.1) is 0 Å². The van der Waals surface area contributed by atoms with Crippen LogP contribution in [0.4, 0.5) is 5.82 Å². The average Bonchev–Trinajstić information content (AvgIpc) is 2.78. The van der Waals surface area contributed by atoms with Gasteiger partial charge in [0.25, 0.3) is 0 Å². The minimum Gasteiger partial charge on any atom is -0.369 e. The summed E-state index contributed by atoms with van der Waals surface area (Å²) < 4.78 is 0. The van der Waals surface area contributed by atoms with Crippen molar-refractivity contribution in [3.8, 4) is 0 Å². The highest BCUT2D eigenvalue weighted by Crippen LogP contribution is 2.26. The molecule has 17 heavy (non-hydrogen) atoms. The van der Waals surface area contributed by atoms with Crippen LogP contribution < -0.4 is 5.32 Å². The van der Waals surface area contributed by atoms with E-state index >= 15 is 0 Å². The van der Waals surface area contributed by atoms with Gasteiger partial charge in [0, 0.05) is 29.5 Å². The third-order valence-corrected chi connectivity index (χ3v) is 4.32. The smallest absolute Gasteiger partial charge is 0.133 e. The van der Waals surface area contributed by atoms with Gasteiger partial charge in [0.2, 0.25) is 0 Å². The maximum absolute atomic E-state index is 4.56. The van der Waals surface area contributed by atoms with E-state index in [0.717, 1.165) is 29.1 Å². The van der Waals surface area contributed by atoms with E-state index in [2.05, 4.69) is 40.9 Å². The first-order chi connectivity index (χ1) is 8.15. The molecular weight excluding hydrogens is 230 g/mol. The Hall–Kier alpha value is -0.770. The Kier molecular flexibility index (Phi) is 4.26. The summed E-state index contributed by atoms with van der Waals surface area (Å²) in [7, 11) is 0. The van der Waals surface area contributed by atoms with Crippen molar-refractivity contribution in [3.63, 3.8) is 0 Å². The Morgan fingerprint density at radius 3 is 2.94 bits per heavy atom. The molecule has 1 aliphatic rings. The quantitative estimate of drug-likeness (QED) is 0.891. The normalized spacial score (nSPS) is 19.9. The molecule has 94 valence electrons. The number of aryl methyl sites for hydroxylation is 1. The summed E-state index contributed by atoms with van der Waals surface area (Å²) in [5.74, 6) is 3.61. The summed E-state index contributed by atoms with van der Waals surface area (Å²) >= 11 is 2.07. The predicted molar refractivity (Wildman–Crippen MR) is 74.8 cm³/mol. The lowest BCUT2D eigenvalue weighted by Gasteiger charge is -2.13. The lowest BCUT2D eigenvalue weighted by atomic mass is 10.2. The van der Waals surface area contributed by atoms with Crippen molar-refractivity contribution in [1.82, 2.24) is 9.97 Å². The molecule has 1 unspecified atom stereocenters. The molecule has 3 nitrogen and oxygen atoms in total. The van der Waals surface area contributed by atoms with Gasteiger partial charge < -0.3 is 5.32 Å². The average molecular weight is 251 g/mol. The van der Waals surface area contributed by atoms with E-state index in [-0.39, 0.29) is 0 Å². The van der Waals surface area contributed by atoms with Crippen LogP contribution in [0, 0.1) is 6.92 Å². The van der Waals surface area contributed by atoms with E-state index in [1.165, 1.54) is 18.6 Å². The van der Waals surface area contributed by atoms with Crippen LogP contribution in [0.3, 0.4) is 0 Å². The Labute approximate surface area is 108 Å². The van der Waals surface area contributed by atoms with Crippen molar-refractivity contribution in [1.29, 1.82) is 0 Å². The maximum Gasteiger partial charge on any atom is 0.133 e. The molecule has 1 atom stereocenters. The van der Waals surface area contributed by atoms with Crippen molar-refractivity contribution in [3.05, 3.63) is 17.6 Å². The van der Waals surface area contributed by atoms with Crippen molar-refractivity contribution < 1.29 is 0 Å². The summed E-state index contributed by atoms with van der Waals surface area (Å²) in [6, 6.07) is 2.03. The molecule has 0 bridgehead atoms. The molecule has 0 spiro atoms. The van der Waals surface area contributed by atoms with Crippen LogP contribution in [-0.4, -0.2) is 27.5 Å². The zero-order valence-corrected chi connectivity index (χ0v) is 11.7. The molecule has 0 aromatic carbocycles. The van der Waals surface area contributed by atoms with Gasteiger partial charge in [-0.05, 0) is 25.5 Å². The van der Waals surface area contributed by atoms with E-state index in [4.69, 9.17) is 0 Å².